The van der Waals surface area contributed by atoms with Crippen LogP contribution in [0.3, 0.4) is 0 Å². The highest BCUT2D eigenvalue weighted by molar-refractivity contribution is 5.94. The van der Waals surface area contributed by atoms with E-state index in [9.17, 15) is 14.4 Å². The molecule has 2 aliphatic heterocycles. The van der Waals surface area contributed by atoms with Crippen molar-refractivity contribution in [1.82, 2.24) is 20.5 Å². The third kappa shape index (κ3) is 6.10. The van der Waals surface area contributed by atoms with E-state index in [1.807, 2.05) is 47.5 Å². The quantitative estimate of drug-likeness (QED) is 0.410. The number of nitrogens with one attached hydrogen (secondary N) is 3. The highest BCUT2D eigenvalue weighted by atomic mass is 16.6. The van der Waals surface area contributed by atoms with Crippen LogP contribution in [0.2, 0.25) is 0 Å². The molecule has 0 unspecified atom stereocenters. The number of rotatable bonds is 6. The molecule has 2 aromatic carbocycles. The number of para-hydroxylation sites is 1. The normalized spacial score (nSPS) is 17.2. The second-order valence-electron chi connectivity index (χ2n) is 12.6. The van der Waals surface area contributed by atoms with Gasteiger partial charge < -0.3 is 30.0 Å². The monoisotopic (exact) mass is 560 g/mol. The zero-order valence-electron chi connectivity index (χ0n) is 24.5. The van der Waals surface area contributed by atoms with Crippen LogP contribution in [0.25, 0.3) is 10.9 Å². The minimum Gasteiger partial charge on any atom is -0.444 e. The Bertz CT molecular complexity index is 1450. The molecule has 3 heterocycles. The Morgan fingerprint density at radius 1 is 1.02 bits per heavy atom. The van der Waals surface area contributed by atoms with Gasteiger partial charge in [-0.15, -0.1) is 0 Å². The minimum atomic E-state index is -1.31. The van der Waals surface area contributed by atoms with E-state index in [-0.39, 0.29) is 11.5 Å². The molecule has 3 N–H and O–H groups in total. The number of fused-ring (bicyclic) bond motifs is 3. The lowest BCUT2D eigenvalue weighted by Gasteiger charge is -2.40. The molecule has 9 nitrogen and oxygen atoms in total. The average molecular weight is 561 g/mol. The molecule has 1 spiro atoms. The number of ether oxygens (including phenoxy) is 2. The topological polar surface area (TPSA) is 113 Å². The predicted molar refractivity (Wildman–Crippen MR) is 156 cm³/mol. The Labute approximate surface area is 241 Å². The summed E-state index contributed by atoms with van der Waals surface area (Å²) in [5, 5.41) is 6.60. The van der Waals surface area contributed by atoms with E-state index in [2.05, 4.69) is 27.8 Å². The molecule has 5 rings (SSSR count). The third-order valence-electron chi connectivity index (χ3n) is 7.98. The smallest absolute Gasteiger partial charge is 0.408 e. The zero-order chi connectivity index (χ0) is 29.4. The van der Waals surface area contributed by atoms with Gasteiger partial charge in [0.05, 0.1) is 12.2 Å². The van der Waals surface area contributed by atoms with Crippen molar-refractivity contribution in [2.45, 2.75) is 83.3 Å². The molecule has 0 aliphatic carbocycles. The first kappa shape index (κ1) is 28.7. The SMILES string of the molecule is CC(C)(C)OC(=O)NC(C)(C)C(=O)N[C@H](Cc1c[nH]c2ccccc12)C(=O)N1CCC2(CC1)OCc1ccccc12. The maximum Gasteiger partial charge on any atom is 0.408 e. The molecular weight excluding hydrogens is 520 g/mol. The molecule has 3 amide bonds. The van der Waals surface area contributed by atoms with E-state index in [0.29, 0.717) is 39.0 Å². The van der Waals surface area contributed by atoms with Crippen molar-refractivity contribution in [2.75, 3.05) is 13.1 Å². The molecule has 1 aromatic heterocycles. The molecule has 1 saturated heterocycles. The molecule has 0 bridgehead atoms. The van der Waals surface area contributed by atoms with Crippen molar-refractivity contribution in [1.29, 1.82) is 0 Å². The molecule has 218 valence electrons. The number of hydrogen-bond acceptors (Lipinski definition) is 5. The summed E-state index contributed by atoms with van der Waals surface area (Å²) < 4.78 is 11.6. The summed E-state index contributed by atoms with van der Waals surface area (Å²) in [6.45, 7) is 10.1. The van der Waals surface area contributed by atoms with Gasteiger partial charge in [0.15, 0.2) is 0 Å². The number of piperidine rings is 1. The van der Waals surface area contributed by atoms with Gasteiger partial charge in [0, 0.05) is 36.6 Å². The van der Waals surface area contributed by atoms with Gasteiger partial charge in [0.25, 0.3) is 0 Å². The number of alkyl carbamates (subject to hydrolysis) is 1. The van der Waals surface area contributed by atoms with E-state index in [1.54, 1.807) is 34.6 Å². The lowest BCUT2D eigenvalue weighted by atomic mass is 9.83. The van der Waals surface area contributed by atoms with Gasteiger partial charge in [-0.05, 0) is 70.2 Å². The van der Waals surface area contributed by atoms with Crippen molar-refractivity contribution in [2.24, 2.45) is 0 Å². The van der Waals surface area contributed by atoms with Crippen LogP contribution >= 0.6 is 0 Å². The fourth-order valence-electron chi connectivity index (χ4n) is 5.78. The van der Waals surface area contributed by atoms with Gasteiger partial charge in [0.2, 0.25) is 11.8 Å². The number of aromatic amines is 1. The van der Waals surface area contributed by atoms with Crippen LogP contribution in [0.4, 0.5) is 4.79 Å². The molecule has 0 saturated carbocycles. The van der Waals surface area contributed by atoms with Crippen molar-refractivity contribution < 1.29 is 23.9 Å². The fourth-order valence-corrected chi connectivity index (χ4v) is 5.78. The second-order valence-corrected chi connectivity index (χ2v) is 12.6. The first-order chi connectivity index (χ1) is 19.4. The minimum absolute atomic E-state index is 0.155. The lowest BCUT2D eigenvalue weighted by Crippen LogP contribution is -2.60. The number of aromatic nitrogens is 1. The highest BCUT2D eigenvalue weighted by Gasteiger charge is 2.44. The third-order valence-corrected chi connectivity index (χ3v) is 7.98. The average Bonchev–Trinajstić information content (AvgIpc) is 3.49. The summed E-state index contributed by atoms with van der Waals surface area (Å²) in [4.78, 5) is 45.1. The van der Waals surface area contributed by atoms with E-state index in [4.69, 9.17) is 9.47 Å². The molecule has 1 atom stereocenters. The van der Waals surface area contributed by atoms with Gasteiger partial charge in [-0.1, -0.05) is 42.5 Å². The Morgan fingerprint density at radius 3 is 2.44 bits per heavy atom. The van der Waals surface area contributed by atoms with Crippen molar-refractivity contribution in [3.8, 4) is 0 Å². The van der Waals surface area contributed by atoms with Crippen molar-refractivity contribution in [3.63, 3.8) is 0 Å². The standard InChI is InChI=1S/C32H40N4O5/c1-30(2,3)41-29(39)35-31(4,5)28(38)34-26(18-22-19-33-25-13-9-7-11-23(22)25)27(37)36-16-14-32(15-17-36)24-12-8-6-10-21(24)20-40-32/h6-13,19,26,33H,14-18,20H2,1-5H3,(H,34,38)(H,35,39)/t26-/m1/s1. The van der Waals surface area contributed by atoms with Crippen LogP contribution in [0.5, 0.6) is 0 Å². The van der Waals surface area contributed by atoms with E-state index in [0.717, 1.165) is 16.5 Å². The number of benzene rings is 2. The summed E-state index contributed by atoms with van der Waals surface area (Å²) in [6, 6.07) is 15.3. The Morgan fingerprint density at radius 2 is 1.71 bits per heavy atom. The number of hydrogen-bond donors (Lipinski definition) is 3. The van der Waals surface area contributed by atoms with E-state index in [1.165, 1.54) is 11.1 Å². The second kappa shape index (κ2) is 10.9. The molecule has 1 fully saturated rings. The maximum absolute atomic E-state index is 14.0. The number of nitrogens with zero attached hydrogens (tertiary/aromatic N) is 1. The summed E-state index contributed by atoms with van der Waals surface area (Å²) in [5.74, 6) is -0.624. The Balaban J connectivity index is 1.33. The van der Waals surface area contributed by atoms with Crippen LogP contribution in [0, 0.1) is 0 Å². The number of H-pyrrole nitrogens is 1. The van der Waals surface area contributed by atoms with Crippen LogP contribution < -0.4 is 10.6 Å². The molecule has 9 heteroatoms. The molecule has 2 aliphatic rings. The van der Waals surface area contributed by atoms with Gasteiger partial charge in [0.1, 0.15) is 17.2 Å². The number of likely N-dealkylation sites (tertiary alicyclic amines) is 1. The van der Waals surface area contributed by atoms with Crippen molar-refractivity contribution in [3.05, 3.63) is 71.4 Å². The summed E-state index contributed by atoms with van der Waals surface area (Å²) in [5.41, 5.74) is 1.92. The first-order valence-corrected chi connectivity index (χ1v) is 14.3. The number of amides is 3. The first-order valence-electron chi connectivity index (χ1n) is 14.3. The van der Waals surface area contributed by atoms with E-state index >= 15 is 0 Å². The van der Waals surface area contributed by atoms with Crippen LogP contribution in [0.1, 0.15) is 64.2 Å². The number of carbonyl (C=O) groups is 3. The summed E-state index contributed by atoms with van der Waals surface area (Å²) in [7, 11) is 0. The molecule has 3 aromatic rings. The number of carbonyl (C=O) groups excluding carboxylic acids is 3. The van der Waals surface area contributed by atoms with Crippen LogP contribution in [-0.2, 0) is 37.7 Å². The molecule has 41 heavy (non-hydrogen) atoms. The van der Waals surface area contributed by atoms with Gasteiger partial charge in [-0.25, -0.2) is 4.79 Å². The van der Waals surface area contributed by atoms with Crippen LogP contribution in [-0.4, -0.2) is 58.1 Å². The molecule has 0 radical (unpaired) electrons. The lowest BCUT2D eigenvalue weighted by molar-refractivity contribution is -0.143. The fraction of sp³-hybridized carbons (Fsp3) is 0.469. The molecular formula is C32H40N4O5. The van der Waals surface area contributed by atoms with Crippen LogP contribution in [0.15, 0.2) is 54.7 Å². The largest absolute Gasteiger partial charge is 0.444 e. The summed E-state index contributed by atoms with van der Waals surface area (Å²) in [6.07, 6.45) is 2.87. The van der Waals surface area contributed by atoms with Gasteiger partial charge in [-0.2, -0.15) is 0 Å². The summed E-state index contributed by atoms with van der Waals surface area (Å²) >= 11 is 0. The van der Waals surface area contributed by atoms with Gasteiger partial charge in [-0.3, -0.25) is 9.59 Å². The zero-order valence-corrected chi connectivity index (χ0v) is 24.5. The maximum atomic E-state index is 14.0. The Hall–Kier alpha value is -3.85. The van der Waals surface area contributed by atoms with Gasteiger partial charge >= 0.3 is 6.09 Å². The highest BCUT2D eigenvalue weighted by Crippen LogP contribution is 2.44. The predicted octanol–water partition coefficient (Wildman–Crippen LogP) is 4.55. The van der Waals surface area contributed by atoms with Crippen molar-refractivity contribution >= 4 is 28.8 Å². The Kier molecular flexibility index (Phi) is 7.59. The van der Waals surface area contributed by atoms with E-state index < -0.39 is 29.2 Å².